The monoisotopic (exact) mass is 215 g/mol. The van der Waals surface area contributed by atoms with Crippen molar-refractivity contribution < 1.29 is 0 Å². The van der Waals surface area contributed by atoms with Crippen molar-refractivity contribution in [1.29, 1.82) is 0 Å². The lowest BCUT2D eigenvalue weighted by Gasteiger charge is -2.23. The van der Waals surface area contributed by atoms with E-state index >= 15 is 0 Å². The van der Waals surface area contributed by atoms with Gasteiger partial charge in [-0.05, 0) is 37.0 Å². The average molecular weight is 215 g/mol. The third-order valence-electron chi connectivity index (χ3n) is 3.04. The maximum Gasteiger partial charge on any atom is 0.00874 e. The maximum absolute atomic E-state index is 5.86. The topological polar surface area (TPSA) is 26.0 Å². The van der Waals surface area contributed by atoms with E-state index in [0.29, 0.717) is 0 Å². The first-order chi connectivity index (χ1) is 6.74. The summed E-state index contributed by atoms with van der Waals surface area (Å²) in [5, 5.41) is 0.852. The molecule has 1 aliphatic rings. The highest BCUT2D eigenvalue weighted by Crippen LogP contribution is 2.32. The van der Waals surface area contributed by atoms with Crippen LogP contribution in [0.15, 0.2) is 0 Å². The molecule has 1 nitrogen and oxygen atoms in total. The zero-order valence-electron chi connectivity index (χ0n) is 9.67. The van der Waals surface area contributed by atoms with Gasteiger partial charge < -0.3 is 5.73 Å². The number of hydrogen-bond donors (Lipinski definition) is 1. The van der Waals surface area contributed by atoms with E-state index in [1.165, 1.54) is 37.9 Å². The number of nitrogens with two attached hydrogens (primary N) is 1. The van der Waals surface area contributed by atoms with Crippen LogP contribution in [0.4, 0.5) is 0 Å². The van der Waals surface area contributed by atoms with Gasteiger partial charge in [-0.1, -0.05) is 33.1 Å². The highest BCUT2D eigenvalue weighted by Gasteiger charge is 2.22. The molecule has 0 saturated heterocycles. The fourth-order valence-corrected chi connectivity index (χ4v) is 3.64. The van der Waals surface area contributed by atoms with Crippen LogP contribution >= 0.6 is 11.8 Å². The average Bonchev–Trinajstić information content (AvgIpc) is 2.38. The molecule has 2 unspecified atom stereocenters. The molecular weight excluding hydrogens is 190 g/mol. The summed E-state index contributed by atoms with van der Waals surface area (Å²) in [6.07, 6.45) is 7.02. The van der Waals surface area contributed by atoms with Gasteiger partial charge in [-0.15, -0.1) is 0 Å². The van der Waals surface area contributed by atoms with Gasteiger partial charge in [0.2, 0.25) is 0 Å². The van der Waals surface area contributed by atoms with Crippen LogP contribution in [0.5, 0.6) is 0 Å². The van der Waals surface area contributed by atoms with Crippen LogP contribution in [0, 0.1) is 11.8 Å². The van der Waals surface area contributed by atoms with Crippen LogP contribution in [0.25, 0.3) is 0 Å². The van der Waals surface area contributed by atoms with Crippen LogP contribution < -0.4 is 5.73 Å². The van der Waals surface area contributed by atoms with E-state index in [4.69, 9.17) is 5.73 Å². The molecule has 0 spiro atoms. The first-order valence-electron chi connectivity index (χ1n) is 6.05. The molecule has 1 fully saturated rings. The molecule has 0 heterocycles. The van der Waals surface area contributed by atoms with Crippen molar-refractivity contribution in [3.63, 3.8) is 0 Å². The van der Waals surface area contributed by atoms with Crippen LogP contribution in [0.2, 0.25) is 0 Å². The summed E-state index contributed by atoms with van der Waals surface area (Å²) in [6.45, 7) is 5.51. The van der Waals surface area contributed by atoms with E-state index in [1.807, 2.05) is 0 Å². The normalized spacial score (nSPS) is 29.1. The van der Waals surface area contributed by atoms with E-state index in [9.17, 15) is 0 Å². The van der Waals surface area contributed by atoms with Gasteiger partial charge in [0.1, 0.15) is 0 Å². The molecular formula is C12H25NS. The van der Waals surface area contributed by atoms with Crippen molar-refractivity contribution in [2.75, 3.05) is 12.3 Å². The molecule has 2 atom stereocenters. The number of thioether (sulfide) groups is 1. The molecule has 1 saturated carbocycles. The summed E-state index contributed by atoms with van der Waals surface area (Å²) in [7, 11) is 0. The van der Waals surface area contributed by atoms with Gasteiger partial charge in [-0.3, -0.25) is 0 Å². The first kappa shape index (κ1) is 12.4. The number of hydrogen-bond acceptors (Lipinski definition) is 2. The fourth-order valence-electron chi connectivity index (χ4n) is 2.16. The predicted octanol–water partition coefficient (Wildman–Crippen LogP) is 3.28. The highest BCUT2D eigenvalue weighted by atomic mass is 32.2. The van der Waals surface area contributed by atoms with Crippen LogP contribution in [-0.2, 0) is 0 Å². The molecule has 0 aliphatic heterocycles. The molecule has 1 aliphatic carbocycles. The largest absolute Gasteiger partial charge is 0.330 e. The van der Waals surface area contributed by atoms with Gasteiger partial charge in [-0.2, -0.15) is 11.8 Å². The smallest absolute Gasteiger partial charge is 0.00874 e. The van der Waals surface area contributed by atoms with Crippen LogP contribution in [0.3, 0.4) is 0 Å². The summed E-state index contributed by atoms with van der Waals surface area (Å²) in [4.78, 5) is 0. The van der Waals surface area contributed by atoms with Gasteiger partial charge in [0.25, 0.3) is 0 Å². The lowest BCUT2D eigenvalue weighted by atomic mass is 10.0. The van der Waals surface area contributed by atoms with E-state index in [1.54, 1.807) is 0 Å². The summed E-state index contributed by atoms with van der Waals surface area (Å²) < 4.78 is 0. The van der Waals surface area contributed by atoms with Gasteiger partial charge >= 0.3 is 0 Å². The molecule has 2 heteroatoms. The van der Waals surface area contributed by atoms with Gasteiger partial charge in [0, 0.05) is 5.25 Å². The lowest BCUT2D eigenvalue weighted by molar-refractivity contribution is 0.483. The molecule has 14 heavy (non-hydrogen) atoms. The van der Waals surface area contributed by atoms with Gasteiger partial charge in [0.05, 0.1) is 0 Å². The van der Waals surface area contributed by atoms with Crippen LogP contribution in [-0.4, -0.2) is 17.5 Å². The third kappa shape index (κ3) is 4.22. The second-order valence-electron chi connectivity index (χ2n) is 4.90. The Bertz CT molecular complexity index is 147. The second-order valence-corrected chi connectivity index (χ2v) is 6.17. The Balaban J connectivity index is 2.36. The minimum Gasteiger partial charge on any atom is -0.330 e. The Morgan fingerprint density at radius 3 is 2.57 bits per heavy atom. The zero-order valence-corrected chi connectivity index (χ0v) is 10.5. The summed E-state index contributed by atoms with van der Waals surface area (Å²) in [6, 6.07) is 0. The molecule has 0 aromatic carbocycles. The SMILES string of the molecule is CC(C)CSC1CCCCCC1CN. The molecule has 0 aromatic heterocycles. The van der Waals surface area contributed by atoms with E-state index in [2.05, 4.69) is 25.6 Å². The summed E-state index contributed by atoms with van der Waals surface area (Å²) in [5.41, 5.74) is 5.86. The Morgan fingerprint density at radius 2 is 1.93 bits per heavy atom. The fraction of sp³-hybridized carbons (Fsp3) is 1.00. The molecule has 84 valence electrons. The molecule has 0 bridgehead atoms. The number of rotatable bonds is 4. The minimum absolute atomic E-state index is 0.793. The lowest BCUT2D eigenvalue weighted by Crippen LogP contribution is -2.25. The molecule has 2 N–H and O–H groups in total. The van der Waals surface area contributed by atoms with E-state index in [-0.39, 0.29) is 0 Å². The quantitative estimate of drug-likeness (QED) is 0.728. The van der Waals surface area contributed by atoms with Gasteiger partial charge in [0.15, 0.2) is 0 Å². The van der Waals surface area contributed by atoms with E-state index in [0.717, 1.165) is 23.6 Å². The predicted molar refractivity (Wildman–Crippen MR) is 66.7 cm³/mol. The van der Waals surface area contributed by atoms with Crippen molar-refractivity contribution in [3.05, 3.63) is 0 Å². The second kappa shape index (κ2) is 6.73. The summed E-state index contributed by atoms with van der Waals surface area (Å²) in [5.74, 6) is 2.92. The molecule has 1 rings (SSSR count). The Kier molecular flexibility index (Phi) is 5.95. The summed E-state index contributed by atoms with van der Waals surface area (Å²) >= 11 is 2.17. The first-order valence-corrected chi connectivity index (χ1v) is 7.10. The Hall–Kier alpha value is 0.310. The van der Waals surface area contributed by atoms with Crippen molar-refractivity contribution in [3.8, 4) is 0 Å². The maximum atomic E-state index is 5.86. The standard InChI is InChI=1S/C12H25NS/c1-10(2)9-14-12-7-5-3-4-6-11(12)8-13/h10-12H,3-9,13H2,1-2H3. The molecule has 0 radical (unpaired) electrons. The van der Waals surface area contributed by atoms with E-state index < -0.39 is 0 Å². The van der Waals surface area contributed by atoms with Crippen molar-refractivity contribution in [2.45, 2.75) is 51.2 Å². The van der Waals surface area contributed by atoms with Crippen molar-refractivity contribution in [2.24, 2.45) is 17.6 Å². The molecule has 0 aromatic rings. The third-order valence-corrected chi connectivity index (χ3v) is 4.94. The minimum atomic E-state index is 0.793. The zero-order chi connectivity index (χ0) is 10.4. The molecule has 0 amide bonds. The van der Waals surface area contributed by atoms with Crippen molar-refractivity contribution >= 4 is 11.8 Å². The van der Waals surface area contributed by atoms with Gasteiger partial charge in [-0.25, -0.2) is 0 Å². The Morgan fingerprint density at radius 1 is 1.21 bits per heavy atom. The van der Waals surface area contributed by atoms with Crippen molar-refractivity contribution in [1.82, 2.24) is 0 Å². The highest BCUT2D eigenvalue weighted by molar-refractivity contribution is 7.99. The van der Waals surface area contributed by atoms with Crippen LogP contribution in [0.1, 0.15) is 46.0 Å². The Labute approximate surface area is 93.2 Å².